The zero-order valence-corrected chi connectivity index (χ0v) is 10.0. The maximum absolute atomic E-state index is 11.2. The summed E-state index contributed by atoms with van der Waals surface area (Å²) in [6, 6.07) is 9.66. The second-order valence-corrected chi connectivity index (χ2v) is 4.17. The Labute approximate surface area is 96.3 Å². The molecule has 1 aromatic carbocycles. The van der Waals surface area contributed by atoms with E-state index in [2.05, 4.69) is 0 Å². The van der Waals surface area contributed by atoms with Gasteiger partial charge >= 0.3 is 5.97 Å². The second kappa shape index (κ2) is 5.66. The van der Waals surface area contributed by atoms with Crippen LogP contribution in [0.3, 0.4) is 0 Å². The van der Waals surface area contributed by atoms with Crippen LogP contribution in [0.15, 0.2) is 30.3 Å². The van der Waals surface area contributed by atoms with Crippen molar-refractivity contribution in [3.8, 4) is 0 Å². The lowest BCUT2D eigenvalue weighted by Crippen LogP contribution is -2.23. The van der Waals surface area contributed by atoms with E-state index in [0.29, 0.717) is 6.42 Å². The molecule has 0 radical (unpaired) electrons. The van der Waals surface area contributed by atoms with E-state index in [1.54, 1.807) is 0 Å². The van der Waals surface area contributed by atoms with Crippen molar-refractivity contribution >= 4 is 5.97 Å². The Balaban J connectivity index is 2.55. The fraction of sp³-hybridized carbons (Fsp3) is 0.462. The molecule has 0 saturated carbocycles. The molecule has 0 aliphatic heterocycles. The molecule has 0 atom stereocenters. The molecule has 1 rings (SSSR count). The molecular weight excluding hydrogens is 204 g/mol. The quantitative estimate of drug-likeness (QED) is 0.567. The summed E-state index contributed by atoms with van der Waals surface area (Å²) in [6.45, 7) is 5.65. The Kier molecular flexibility index (Phi) is 4.50. The van der Waals surface area contributed by atoms with Crippen LogP contribution in [0.2, 0.25) is 0 Å². The average Bonchev–Trinajstić information content (AvgIpc) is 2.28. The molecule has 88 valence electrons. The van der Waals surface area contributed by atoms with Crippen LogP contribution in [0, 0.1) is 0 Å². The fourth-order valence-electron chi connectivity index (χ4n) is 1.28. The first-order valence-electron chi connectivity index (χ1n) is 5.50. The third-order valence-corrected chi connectivity index (χ3v) is 2.27. The Morgan fingerprint density at radius 2 is 1.88 bits per heavy atom. The summed E-state index contributed by atoms with van der Waals surface area (Å²) < 4.78 is 0. The van der Waals surface area contributed by atoms with E-state index >= 15 is 0 Å². The van der Waals surface area contributed by atoms with Gasteiger partial charge in [0.05, 0.1) is 0 Å². The van der Waals surface area contributed by atoms with Crippen LogP contribution in [0.1, 0.15) is 39.2 Å². The van der Waals surface area contributed by atoms with E-state index in [1.165, 1.54) is 0 Å². The molecule has 0 spiro atoms. The van der Waals surface area contributed by atoms with Crippen molar-refractivity contribution < 1.29 is 14.6 Å². The molecule has 0 N–H and O–H groups in total. The predicted octanol–water partition coefficient (Wildman–Crippen LogP) is 3.20. The van der Waals surface area contributed by atoms with E-state index in [4.69, 9.17) is 9.78 Å². The van der Waals surface area contributed by atoms with Gasteiger partial charge in [0, 0.05) is 6.42 Å². The number of carbonyl (C=O) groups is 1. The van der Waals surface area contributed by atoms with E-state index in [0.717, 1.165) is 12.0 Å². The van der Waals surface area contributed by atoms with Crippen LogP contribution < -0.4 is 0 Å². The number of benzene rings is 1. The zero-order valence-electron chi connectivity index (χ0n) is 10.0. The van der Waals surface area contributed by atoms with Gasteiger partial charge in [-0.05, 0) is 25.8 Å². The molecule has 3 heteroatoms. The average molecular weight is 222 g/mol. The van der Waals surface area contributed by atoms with Crippen molar-refractivity contribution in [2.45, 2.75) is 39.2 Å². The normalized spacial score (nSPS) is 11.2. The number of hydrogen-bond donors (Lipinski definition) is 0. The second-order valence-electron chi connectivity index (χ2n) is 4.17. The molecule has 0 saturated heterocycles. The van der Waals surface area contributed by atoms with E-state index in [9.17, 15) is 4.79 Å². The first kappa shape index (κ1) is 12.7. The lowest BCUT2D eigenvalue weighted by Gasteiger charge is -2.23. The van der Waals surface area contributed by atoms with E-state index in [1.807, 2.05) is 51.1 Å². The molecule has 16 heavy (non-hydrogen) atoms. The van der Waals surface area contributed by atoms with E-state index < -0.39 is 5.60 Å². The Morgan fingerprint density at radius 1 is 1.25 bits per heavy atom. The van der Waals surface area contributed by atoms with Crippen molar-refractivity contribution in [1.82, 2.24) is 0 Å². The highest BCUT2D eigenvalue weighted by Crippen LogP contribution is 2.24. The van der Waals surface area contributed by atoms with Gasteiger partial charge in [-0.15, -0.1) is 0 Å². The highest BCUT2D eigenvalue weighted by molar-refractivity contribution is 5.68. The minimum Gasteiger partial charge on any atom is -0.297 e. The molecule has 3 nitrogen and oxygen atoms in total. The van der Waals surface area contributed by atoms with Gasteiger partial charge in [0.15, 0.2) is 0 Å². The summed E-state index contributed by atoms with van der Waals surface area (Å²) in [4.78, 5) is 21.1. The standard InChI is InChI=1S/C13H18O3/c1-4-8-12(14)15-16-13(2,3)11-9-6-5-7-10-11/h5-7,9-10H,4,8H2,1-3H3. The molecule has 0 aliphatic rings. The summed E-state index contributed by atoms with van der Waals surface area (Å²) in [6.07, 6.45) is 1.14. The smallest absolute Gasteiger partial charge is 0.297 e. The first-order valence-corrected chi connectivity index (χ1v) is 5.50. The topological polar surface area (TPSA) is 35.5 Å². The summed E-state index contributed by atoms with van der Waals surface area (Å²) in [5.41, 5.74) is 0.351. The number of hydrogen-bond acceptors (Lipinski definition) is 3. The number of carbonyl (C=O) groups excluding carboxylic acids is 1. The Hall–Kier alpha value is -1.35. The Bertz CT molecular complexity index is 330. The molecule has 1 aromatic rings. The maximum Gasteiger partial charge on any atom is 0.342 e. The monoisotopic (exact) mass is 222 g/mol. The highest BCUT2D eigenvalue weighted by atomic mass is 17.2. The molecule has 0 fully saturated rings. The van der Waals surface area contributed by atoms with Gasteiger partial charge in [0.25, 0.3) is 0 Å². The van der Waals surface area contributed by atoms with Gasteiger partial charge in [-0.2, -0.15) is 4.89 Å². The maximum atomic E-state index is 11.2. The number of rotatable bonds is 5. The van der Waals surface area contributed by atoms with Gasteiger partial charge in [-0.3, -0.25) is 4.89 Å². The van der Waals surface area contributed by atoms with Crippen LogP contribution in [0.25, 0.3) is 0 Å². The zero-order chi connectivity index (χ0) is 12.0. The van der Waals surface area contributed by atoms with Crippen LogP contribution in [0.4, 0.5) is 0 Å². The molecule has 0 aliphatic carbocycles. The SMILES string of the molecule is CCCC(=O)OOC(C)(C)c1ccccc1. The molecule has 0 unspecified atom stereocenters. The molecule has 0 aromatic heterocycles. The van der Waals surface area contributed by atoms with Crippen LogP contribution in [-0.2, 0) is 20.2 Å². The van der Waals surface area contributed by atoms with Crippen LogP contribution in [0.5, 0.6) is 0 Å². The first-order chi connectivity index (χ1) is 7.56. The minimum absolute atomic E-state index is 0.327. The molecule has 0 bridgehead atoms. The fourth-order valence-corrected chi connectivity index (χ4v) is 1.28. The van der Waals surface area contributed by atoms with Crippen molar-refractivity contribution in [2.75, 3.05) is 0 Å². The summed E-state index contributed by atoms with van der Waals surface area (Å²) in [5.74, 6) is -0.327. The summed E-state index contributed by atoms with van der Waals surface area (Å²) in [7, 11) is 0. The largest absolute Gasteiger partial charge is 0.342 e. The Morgan fingerprint density at radius 3 is 2.44 bits per heavy atom. The van der Waals surface area contributed by atoms with Gasteiger partial charge in [-0.25, -0.2) is 4.79 Å². The summed E-state index contributed by atoms with van der Waals surface area (Å²) in [5, 5.41) is 0. The highest BCUT2D eigenvalue weighted by Gasteiger charge is 2.24. The van der Waals surface area contributed by atoms with Gasteiger partial charge in [0.2, 0.25) is 0 Å². The third kappa shape index (κ3) is 3.66. The third-order valence-electron chi connectivity index (χ3n) is 2.27. The van der Waals surface area contributed by atoms with Gasteiger partial charge < -0.3 is 0 Å². The van der Waals surface area contributed by atoms with Crippen molar-refractivity contribution in [2.24, 2.45) is 0 Å². The van der Waals surface area contributed by atoms with Gasteiger partial charge in [-0.1, -0.05) is 37.3 Å². The minimum atomic E-state index is -0.620. The van der Waals surface area contributed by atoms with Crippen molar-refractivity contribution in [3.63, 3.8) is 0 Å². The van der Waals surface area contributed by atoms with Crippen LogP contribution in [-0.4, -0.2) is 5.97 Å². The van der Waals surface area contributed by atoms with E-state index in [-0.39, 0.29) is 5.97 Å². The summed E-state index contributed by atoms with van der Waals surface area (Å²) >= 11 is 0. The molecular formula is C13H18O3. The lowest BCUT2D eigenvalue weighted by molar-refractivity contribution is -0.329. The molecule has 0 heterocycles. The predicted molar refractivity (Wildman–Crippen MR) is 61.6 cm³/mol. The lowest BCUT2D eigenvalue weighted by atomic mass is 9.99. The molecule has 0 amide bonds. The van der Waals surface area contributed by atoms with Crippen molar-refractivity contribution in [1.29, 1.82) is 0 Å². The van der Waals surface area contributed by atoms with Crippen LogP contribution >= 0.6 is 0 Å². The van der Waals surface area contributed by atoms with Crippen molar-refractivity contribution in [3.05, 3.63) is 35.9 Å². The van der Waals surface area contributed by atoms with Gasteiger partial charge in [0.1, 0.15) is 5.60 Å².